The number of carbonyl (C=O) groups excluding carboxylic acids is 1. The summed E-state index contributed by atoms with van der Waals surface area (Å²) in [6.45, 7) is 5.33. The van der Waals surface area contributed by atoms with Crippen molar-refractivity contribution < 1.29 is 37.3 Å². The predicted octanol–water partition coefficient (Wildman–Crippen LogP) is 13.8. The van der Waals surface area contributed by atoms with Crippen molar-refractivity contribution in [3.05, 3.63) is 97.2 Å². The van der Waals surface area contributed by atoms with Crippen LogP contribution in [0.25, 0.3) is 0 Å². The summed E-state index contributed by atoms with van der Waals surface area (Å²) in [5.41, 5.74) is 0. The Balaban J connectivity index is 4.32. The largest absolute Gasteiger partial charge is 0.472 e. The van der Waals surface area contributed by atoms with E-state index in [1.807, 2.05) is 21.1 Å². The molecule has 8 nitrogen and oxygen atoms in total. The third kappa shape index (κ3) is 46.3. The molecule has 0 saturated carbocycles. The molecule has 0 spiro atoms. The van der Waals surface area contributed by atoms with Gasteiger partial charge in [0, 0.05) is 13.0 Å². The maximum Gasteiger partial charge on any atom is 0.472 e. The third-order valence-electron chi connectivity index (χ3n) is 9.13. The topological polar surface area (TPSA) is 91.3 Å². The highest BCUT2D eigenvalue weighted by atomic mass is 31.2. The van der Waals surface area contributed by atoms with Crippen LogP contribution in [-0.2, 0) is 27.9 Å². The lowest BCUT2D eigenvalue weighted by molar-refractivity contribution is -0.870. The molecule has 9 heteroatoms. The number of allylic oxidation sites excluding steroid dienone is 16. The fourth-order valence-electron chi connectivity index (χ4n) is 5.58. The van der Waals surface area contributed by atoms with Gasteiger partial charge in [-0.2, -0.15) is 0 Å². The van der Waals surface area contributed by atoms with E-state index in [2.05, 4.69) is 111 Å². The Morgan fingerprint density at radius 1 is 0.542 bits per heavy atom. The van der Waals surface area contributed by atoms with Crippen LogP contribution in [-0.4, -0.2) is 75.6 Å². The molecule has 0 aromatic rings. The summed E-state index contributed by atoms with van der Waals surface area (Å²) < 4.78 is 34.9. The minimum absolute atomic E-state index is 0.0728. The molecular formula is C50H87NO7P+. The number of nitrogens with zero attached hydrogens (tertiary/aromatic N) is 1. The van der Waals surface area contributed by atoms with Crippen LogP contribution in [0.2, 0.25) is 0 Å². The Labute approximate surface area is 362 Å². The van der Waals surface area contributed by atoms with Gasteiger partial charge in [-0.05, 0) is 96.3 Å². The van der Waals surface area contributed by atoms with Crippen molar-refractivity contribution in [2.75, 3.05) is 54.1 Å². The Morgan fingerprint density at radius 3 is 1.49 bits per heavy atom. The monoisotopic (exact) mass is 845 g/mol. The molecule has 0 radical (unpaired) electrons. The van der Waals surface area contributed by atoms with Gasteiger partial charge >= 0.3 is 13.8 Å². The van der Waals surface area contributed by atoms with Crippen LogP contribution in [0.3, 0.4) is 0 Å². The number of hydrogen-bond acceptors (Lipinski definition) is 6. The van der Waals surface area contributed by atoms with Gasteiger partial charge in [-0.25, -0.2) is 4.57 Å². The second-order valence-corrected chi connectivity index (χ2v) is 17.5. The molecule has 0 amide bonds. The molecule has 59 heavy (non-hydrogen) atoms. The molecule has 338 valence electrons. The Bertz CT molecular complexity index is 1260. The minimum atomic E-state index is -4.30. The molecule has 2 atom stereocenters. The van der Waals surface area contributed by atoms with E-state index in [-0.39, 0.29) is 25.8 Å². The van der Waals surface area contributed by atoms with Gasteiger partial charge < -0.3 is 18.9 Å². The van der Waals surface area contributed by atoms with E-state index in [1.165, 1.54) is 38.5 Å². The summed E-state index contributed by atoms with van der Waals surface area (Å²) in [5.74, 6) is -0.344. The normalized spacial score (nSPS) is 14.6. The van der Waals surface area contributed by atoms with Gasteiger partial charge in [-0.1, -0.05) is 150 Å². The molecule has 0 saturated heterocycles. The van der Waals surface area contributed by atoms with Crippen molar-refractivity contribution >= 4 is 13.8 Å². The number of phosphoric acid groups is 1. The van der Waals surface area contributed by atoms with E-state index >= 15 is 0 Å². The highest BCUT2D eigenvalue weighted by Crippen LogP contribution is 2.43. The fourth-order valence-corrected chi connectivity index (χ4v) is 6.33. The standard InChI is InChI=1S/C50H86NO7P/c1-6-8-10-12-14-16-18-20-21-22-23-24-25-26-27-28-29-30-32-34-36-38-40-42-45-55-47-49(48-57-59(53,54)56-46-44-51(3,4)5)58-50(52)43-41-39-37-35-33-31-19-17-15-13-11-9-7-2/h8,10,14,16-17,19-21,23-24,26-27,29-30,34,36,49H,6-7,9,11-13,15,18,22,25,28,31-33,35,37-48H2,1-5H3/p+1/b10-8-,16-14-,19-17-,21-20-,24-23-,27-26-,30-29-,36-34-. The highest BCUT2D eigenvalue weighted by Gasteiger charge is 2.26. The minimum Gasteiger partial charge on any atom is -0.457 e. The molecule has 0 aliphatic heterocycles. The van der Waals surface area contributed by atoms with E-state index < -0.39 is 13.9 Å². The van der Waals surface area contributed by atoms with E-state index in [9.17, 15) is 14.3 Å². The highest BCUT2D eigenvalue weighted by molar-refractivity contribution is 7.47. The lowest BCUT2D eigenvalue weighted by Crippen LogP contribution is -2.37. The van der Waals surface area contributed by atoms with Gasteiger partial charge in [0.15, 0.2) is 0 Å². The van der Waals surface area contributed by atoms with Gasteiger partial charge in [0.05, 0.1) is 34.4 Å². The predicted molar refractivity (Wildman–Crippen MR) is 251 cm³/mol. The van der Waals surface area contributed by atoms with Crippen molar-refractivity contribution in [3.8, 4) is 0 Å². The number of hydrogen-bond donors (Lipinski definition) is 1. The summed E-state index contributed by atoms with van der Waals surface area (Å²) in [6.07, 6.45) is 57.4. The summed E-state index contributed by atoms with van der Waals surface area (Å²) in [5, 5.41) is 0. The maximum atomic E-state index is 12.7. The molecule has 0 fully saturated rings. The first-order valence-electron chi connectivity index (χ1n) is 23.0. The van der Waals surface area contributed by atoms with E-state index in [4.69, 9.17) is 18.5 Å². The van der Waals surface area contributed by atoms with Crippen LogP contribution in [0.1, 0.15) is 155 Å². The Kier molecular flexibility index (Phi) is 40.3. The molecule has 0 aliphatic rings. The number of esters is 1. The quantitative estimate of drug-likeness (QED) is 0.0215. The van der Waals surface area contributed by atoms with Crippen molar-refractivity contribution in [2.24, 2.45) is 0 Å². The molecular weight excluding hydrogens is 758 g/mol. The number of phosphoric ester groups is 1. The fraction of sp³-hybridized carbons (Fsp3) is 0.660. The van der Waals surface area contributed by atoms with Crippen molar-refractivity contribution in [3.63, 3.8) is 0 Å². The average molecular weight is 845 g/mol. The second-order valence-electron chi connectivity index (χ2n) is 16.0. The number of ether oxygens (including phenoxy) is 2. The molecule has 0 rings (SSSR count). The first-order chi connectivity index (χ1) is 28.6. The first kappa shape index (κ1) is 56.4. The average Bonchev–Trinajstić information content (AvgIpc) is 3.19. The molecule has 0 aromatic carbocycles. The van der Waals surface area contributed by atoms with Crippen LogP contribution in [0, 0.1) is 0 Å². The van der Waals surface area contributed by atoms with E-state index in [1.54, 1.807) is 0 Å². The van der Waals surface area contributed by atoms with E-state index in [0.717, 1.165) is 96.3 Å². The number of unbranched alkanes of at least 4 members (excludes halogenated alkanes) is 11. The van der Waals surface area contributed by atoms with Crippen molar-refractivity contribution in [1.82, 2.24) is 0 Å². The SMILES string of the molecule is CC/C=C\C/C=C\C/C=C\C/C=C\C/C=C\C/C=C\C/C=C\CCCCOCC(COP(=O)(O)OCC[N+](C)(C)C)OC(=O)CCCCCCC/C=C\CCCCCC. The van der Waals surface area contributed by atoms with Crippen LogP contribution >= 0.6 is 7.82 Å². The molecule has 0 aliphatic carbocycles. The number of rotatable bonds is 41. The number of carbonyl (C=O) groups is 1. The number of likely N-dealkylation sites (N-methyl/N-ethyl adjacent to an activating group) is 1. The van der Waals surface area contributed by atoms with Crippen LogP contribution in [0.15, 0.2) is 97.2 Å². The van der Waals surface area contributed by atoms with E-state index in [0.29, 0.717) is 24.1 Å². The Morgan fingerprint density at radius 2 is 0.983 bits per heavy atom. The maximum absolute atomic E-state index is 12.7. The smallest absolute Gasteiger partial charge is 0.457 e. The third-order valence-corrected chi connectivity index (χ3v) is 10.1. The first-order valence-corrected chi connectivity index (χ1v) is 24.5. The van der Waals surface area contributed by atoms with Crippen LogP contribution in [0.4, 0.5) is 0 Å². The summed E-state index contributed by atoms with van der Waals surface area (Å²) in [6, 6.07) is 0. The zero-order valence-corrected chi connectivity index (χ0v) is 39.1. The number of quaternary nitrogens is 1. The molecule has 1 N–H and O–H groups in total. The van der Waals surface area contributed by atoms with Gasteiger partial charge in [0.2, 0.25) is 0 Å². The lowest BCUT2D eigenvalue weighted by Gasteiger charge is -2.24. The Hall–Kier alpha value is -2.58. The second kappa shape index (κ2) is 42.1. The van der Waals surface area contributed by atoms with Crippen molar-refractivity contribution in [1.29, 1.82) is 0 Å². The van der Waals surface area contributed by atoms with Gasteiger partial charge in [-0.15, -0.1) is 0 Å². The summed E-state index contributed by atoms with van der Waals surface area (Å²) in [7, 11) is 1.62. The van der Waals surface area contributed by atoms with Crippen molar-refractivity contribution in [2.45, 2.75) is 161 Å². The van der Waals surface area contributed by atoms with Crippen LogP contribution in [0.5, 0.6) is 0 Å². The molecule has 0 heterocycles. The summed E-state index contributed by atoms with van der Waals surface area (Å²) in [4.78, 5) is 22.9. The van der Waals surface area contributed by atoms with Crippen LogP contribution < -0.4 is 0 Å². The van der Waals surface area contributed by atoms with Gasteiger partial charge in [-0.3, -0.25) is 13.8 Å². The zero-order valence-electron chi connectivity index (χ0n) is 38.2. The molecule has 2 unspecified atom stereocenters. The molecule has 0 aromatic heterocycles. The lowest BCUT2D eigenvalue weighted by atomic mass is 10.1. The summed E-state index contributed by atoms with van der Waals surface area (Å²) >= 11 is 0. The molecule has 0 bridgehead atoms. The zero-order chi connectivity index (χ0) is 43.4. The van der Waals surface area contributed by atoms with Gasteiger partial charge in [0.1, 0.15) is 19.3 Å². The van der Waals surface area contributed by atoms with Gasteiger partial charge in [0.25, 0.3) is 0 Å².